The third kappa shape index (κ3) is 24.4. The standard InChI is InChI=1S/5C13H12N.Al.Ga.In.Sc.Y.3H/c5*1-11-6-5-9-13(14-11)10-12-7-3-2-4-8-12;;;;;;;;/h5*2-7,9H,10H2,1H3;;;;;;;;/q;;;2*-1;;;;;;;;. The Labute approximate surface area is 524 Å². The first-order valence-electron chi connectivity index (χ1n) is 24.7. The quantitative estimate of drug-likeness (QED) is 0.101. The fraction of sp³-hybridized carbons (Fsp3) is 0.154. The summed E-state index contributed by atoms with van der Waals surface area (Å²) in [4.78, 5) is 22.5. The number of aromatic nitrogens is 5. The van der Waals surface area contributed by atoms with Crippen molar-refractivity contribution >= 4 is 71.1 Å². The van der Waals surface area contributed by atoms with Crippen LogP contribution in [-0.4, -0.2) is 84.2 Å². The van der Waals surface area contributed by atoms with Crippen LogP contribution in [0, 0.1) is 46.8 Å². The Hall–Kier alpha value is -4.14. The maximum atomic E-state index is 4.53. The van der Waals surface area contributed by atoms with Gasteiger partial charge in [-0.15, -0.1) is 4.43 Å². The Morgan fingerprint density at radius 1 is 0.373 bits per heavy atom. The first-order chi connectivity index (χ1) is 35.4. The molecule has 0 fully saturated rings. The van der Waals surface area contributed by atoms with Crippen molar-refractivity contribution in [3.8, 4) is 0 Å². The molecule has 365 valence electrons. The van der Waals surface area contributed by atoms with Crippen LogP contribution in [0.25, 0.3) is 0 Å². The molecule has 5 nitrogen and oxygen atoms in total. The van der Waals surface area contributed by atoms with E-state index in [0.717, 1.165) is 108 Å². The topological polar surface area (TPSA) is 64.5 Å². The van der Waals surface area contributed by atoms with Gasteiger partial charge in [-0.2, -0.15) is 71.8 Å². The molecular formula is C65H63AlGaInN5ScY-2. The molecule has 0 aliphatic carbocycles. The summed E-state index contributed by atoms with van der Waals surface area (Å²) in [5, 5.41) is 0. The summed E-state index contributed by atoms with van der Waals surface area (Å²) < 4.78 is 4.33. The Bertz CT molecular complexity index is 2940. The third-order valence-corrected chi connectivity index (χ3v) is 15.6. The van der Waals surface area contributed by atoms with Crippen LogP contribution < -0.4 is 11.9 Å². The van der Waals surface area contributed by atoms with Gasteiger partial charge >= 0.3 is 206 Å². The maximum Gasteiger partial charge on any atom is 0 e. The van der Waals surface area contributed by atoms with Crippen molar-refractivity contribution < 1.29 is 58.6 Å². The van der Waals surface area contributed by atoms with E-state index in [4.69, 9.17) is 0 Å². The van der Waals surface area contributed by atoms with Gasteiger partial charge in [0.15, 0.2) is 0 Å². The van der Waals surface area contributed by atoms with Crippen molar-refractivity contribution in [3.63, 3.8) is 0 Å². The average Bonchev–Trinajstić information content (AvgIpc) is 3.38. The molecule has 5 aromatic heterocycles. The molecule has 10 rings (SSSR count). The fourth-order valence-electron chi connectivity index (χ4n) is 7.74. The van der Waals surface area contributed by atoms with Gasteiger partial charge in [-0.25, -0.2) is 0 Å². The summed E-state index contributed by atoms with van der Waals surface area (Å²) in [6, 6.07) is 79.0. The molecule has 5 heterocycles. The molecule has 0 aliphatic heterocycles. The van der Waals surface area contributed by atoms with Crippen molar-refractivity contribution in [1.29, 1.82) is 0 Å². The van der Waals surface area contributed by atoms with Gasteiger partial charge < -0.3 is 0 Å². The van der Waals surface area contributed by atoms with E-state index in [1.807, 2.05) is 142 Å². The predicted octanol–water partition coefficient (Wildman–Crippen LogP) is 10.1. The van der Waals surface area contributed by atoms with Crippen LogP contribution in [0.3, 0.4) is 0 Å². The zero-order chi connectivity index (χ0) is 51.6. The Balaban J connectivity index is 0.000000202. The summed E-state index contributed by atoms with van der Waals surface area (Å²) in [6.45, 7) is 10.1. The number of hydrogen-bond donors (Lipinski definition) is 0. The van der Waals surface area contributed by atoms with Gasteiger partial charge in [0.1, 0.15) is 0 Å². The van der Waals surface area contributed by atoms with E-state index in [9.17, 15) is 0 Å². The molecule has 0 aliphatic rings. The second-order valence-corrected chi connectivity index (χ2v) is 22.4. The molecular weight excluding hydrogens is 1200 g/mol. The maximum absolute atomic E-state index is 4.53. The molecule has 5 radical (unpaired) electrons. The molecule has 0 N–H and O–H groups in total. The molecule has 10 aromatic rings. The van der Waals surface area contributed by atoms with Crippen molar-refractivity contribution in [1.82, 2.24) is 24.9 Å². The number of aryl methyl sites for hydroxylation is 5. The number of pyridine rings is 5. The van der Waals surface area contributed by atoms with E-state index >= 15 is 0 Å². The summed E-state index contributed by atoms with van der Waals surface area (Å²) in [5.74, 6) is 0. The van der Waals surface area contributed by atoms with Gasteiger partial charge in [0.05, 0.1) is 0 Å². The van der Waals surface area contributed by atoms with Gasteiger partial charge in [-0.3, -0.25) is 15.0 Å². The van der Waals surface area contributed by atoms with Crippen molar-refractivity contribution in [3.05, 3.63) is 309 Å². The molecule has 0 bridgehead atoms. The summed E-state index contributed by atoms with van der Waals surface area (Å²) in [5.41, 5.74) is 17.7. The minimum absolute atomic E-state index is 0. The second-order valence-electron chi connectivity index (χ2n) is 17.8. The SMILES string of the molecule is Cc1cccc(Cc2[c-]cccc2)n1.Cc1cccc(Cc2[c-]cccc2)n1.Cc1cccc(Cc2cccc[c]2[AlH])n1.Cc1cccc(Cc2cccc[c]2[GaH])n1.Cc1cccc(Cc2cccc[c]2[InH])n1.[Sc].[Y]. The van der Waals surface area contributed by atoms with Crippen molar-refractivity contribution in [2.24, 2.45) is 0 Å². The number of benzene rings is 5. The van der Waals surface area contributed by atoms with Crippen LogP contribution in [-0.2, 0) is 90.7 Å². The molecule has 0 saturated heterocycles. The molecule has 0 amide bonds. The number of hydrogen-bond acceptors (Lipinski definition) is 5. The van der Waals surface area contributed by atoms with Crippen LogP contribution >= 0.6 is 0 Å². The van der Waals surface area contributed by atoms with Gasteiger partial charge in [0.25, 0.3) is 0 Å². The van der Waals surface area contributed by atoms with E-state index < -0.39 is 0 Å². The second kappa shape index (κ2) is 35.3. The molecule has 0 saturated carbocycles. The predicted molar refractivity (Wildman–Crippen MR) is 309 cm³/mol. The number of rotatable bonds is 10. The van der Waals surface area contributed by atoms with Crippen LogP contribution in [0.4, 0.5) is 0 Å². The molecule has 0 atom stereocenters. The Kier molecular flexibility index (Phi) is 29.8. The monoisotopic (exact) mass is 1260 g/mol. The first kappa shape index (κ1) is 63.4. The summed E-state index contributed by atoms with van der Waals surface area (Å²) in [6.07, 6.45) is 4.58. The smallest absolute Gasteiger partial charge is 0 e. The minimum Gasteiger partial charge on any atom is 0 e. The van der Waals surface area contributed by atoms with Gasteiger partial charge in [0.2, 0.25) is 16.3 Å². The summed E-state index contributed by atoms with van der Waals surface area (Å²) >= 11 is 4.02. The zero-order valence-electron chi connectivity index (χ0n) is 44.3. The van der Waals surface area contributed by atoms with Gasteiger partial charge in [0, 0.05) is 99.1 Å². The summed E-state index contributed by atoms with van der Waals surface area (Å²) in [7, 11) is 0. The van der Waals surface area contributed by atoms with E-state index in [1.165, 1.54) is 64.0 Å². The van der Waals surface area contributed by atoms with E-state index in [1.54, 1.807) is 0 Å². The normalized spacial score (nSPS) is 9.88. The molecule has 10 heteroatoms. The molecule has 0 unspecified atom stereocenters. The van der Waals surface area contributed by atoms with Crippen LogP contribution in [0.15, 0.2) is 212 Å². The van der Waals surface area contributed by atoms with Crippen molar-refractivity contribution in [2.75, 3.05) is 0 Å². The third-order valence-electron chi connectivity index (χ3n) is 11.5. The van der Waals surface area contributed by atoms with Crippen LogP contribution in [0.2, 0.25) is 0 Å². The van der Waals surface area contributed by atoms with Gasteiger partial charge in [-0.05, 0) is 70.0 Å². The van der Waals surface area contributed by atoms with Crippen molar-refractivity contribution in [2.45, 2.75) is 66.7 Å². The average molecular weight is 1260 g/mol. The van der Waals surface area contributed by atoms with Gasteiger partial charge in [-0.1, -0.05) is 48.0 Å². The first-order valence-corrected chi connectivity index (χ1v) is 28.9. The largest absolute Gasteiger partial charge is 0 e. The van der Waals surface area contributed by atoms with E-state index in [0.29, 0.717) is 0 Å². The molecule has 0 spiro atoms. The zero-order valence-corrected chi connectivity index (χ0v) is 57.3. The van der Waals surface area contributed by atoms with Crippen LogP contribution in [0.1, 0.15) is 84.8 Å². The minimum atomic E-state index is 0. The Morgan fingerprint density at radius 3 is 1.05 bits per heavy atom. The molecule has 75 heavy (non-hydrogen) atoms. The van der Waals surface area contributed by atoms with E-state index in [-0.39, 0.29) is 58.6 Å². The number of nitrogens with zero attached hydrogens (tertiary/aromatic N) is 5. The Morgan fingerprint density at radius 2 is 0.693 bits per heavy atom. The van der Waals surface area contributed by atoms with Crippen LogP contribution in [0.5, 0.6) is 0 Å². The fourth-order valence-corrected chi connectivity index (χ4v) is 9.99. The van der Waals surface area contributed by atoms with E-state index in [2.05, 4.69) is 158 Å². The molecule has 5 aromatic carbocycles.